The van der Waals surface area contributed by atoms with Crippen molar-refractivity contribution in [2.75, 3.05) is 26.9 Å². The van der Waals surface area contributed by atoms with Crippen LogP contribution in [0.2, 0.25) is 0 Å². The lowest BCUT2D eigenvalue weighted by Crippen LogP contribution is -2.33. The van der Waals surface area contributed by atoms with E-state index in [1.807, 2.05) is 14.1 Å². The van der Waals surface area contributed by atoms with Crippen molar-refractivity contribution in [2.45, 2.75) is 11.0 Å². The third kappa shape index (κ3) is 4.43. The van der Waals surface area contributed by atoms with Crippen LogP contribution in [-0.4, -0.2) is 45.4 Å². The minimum atomic E-state index is -3.18. The Hall–Kier alpha value is -0.950. The molecule has 0 fully saturated rings. The summed E-state index contributed by atoms with van der Waals surface area (Å²) in [6, 6.07) is 6.25. The molecule has 0 radical (unpaired) electrons. The zero-order chi connectivity index (χ0) is 13.1. The molecule has 1 unspecified atom stereocenters. The second-order valence-electron chi connectivity index (χ2n) is 4.11. The molecule has 5 nitrogen and oxygen atoms in total. The van der Waals surface area contributed by atoms with E-state index in [9.17, 15) is 13.5 Å². The van der Waals surface area contributed by atoms with E-state index in [0.29, 0.717) is 12.1 Å². The van der Waals surface area contributed by atoms with Crippen molar-refractivity contribution in [1.29, 1.82) is 0 Å². The molecule has 2 N–H and O–H groups in total. The maximum absolute atomic E-state index is 11.2. The molecule has 0 amide bonds. The van der Waals surface area contributed by atoms with Crippen LogP contribution in [0, 0.1) is 0 Å². The number of sulfone groups is 1. The van der Waals surface area contributed by atoms with Crippen LogP contribution in [0.4, 0.5) is 0 Å². The van der Waals surface area contributed by atoms with Crippen molar-refractivity contribution in [1.82, 2.24) is 10.4 Å². The fourth-order valence-electron chi connectivity index (χ4n) is 1.32. The van der Waals surface area contributed by atoms with Crippen LogP contribution < -0.4 is 5.43 Å². The summed E-state index contributed by atoms with van der Waals surface area (Å²) in [7, 11) is 0.489. The fourth-order valence-corrected chi connectivity index (χ4v) is 1.95. The topological polar surface area (TPSA) is 69.6 Å². The first-order valence-electron chi connectivity index (χ1n) is 5.19. The third-order valence-corrected chi connectivity index (χ3v) is 3.42. The summed E-state index contributed by atoms with van der Waals surface area (Å²) >= 11 is 0. The molecule has 0 saturated carbocycles. The van der Waals surface area contributed by atoms with Gasteiger partial charge in [-0.1, -0.05) is 12.1 Å². The minimum Gasteiger partial charge on any atom is -0.387 e. The van der Waals surface area contributed by atoms with E-state index >= 15 is 0 Å². The van der Waals surface area contributed by atoms with E-state index in [4.69, 9.17) is 0 Å². The molecule has 0 heterocycles. The number of benzene rings is 1. The van der Waals surface area contributed by atoms with E-state index < -0.39 is 15.9 Å². The van der Waals surface area contributed by atoms with Gasteiger partial charge in [0.25, 0.3) is 0 Å². The molecular formula is C11H18N2O3S. The molecule has 17 heavy (non-hydrogen) atoms. The summed E-state index contributed by atoms with van der Waals surface area (Å²) in [5.74, 6) is 0. The largest absolute Gasteiger partial charge is 0.387 e. The van der Waals surface area contributed by atoms with Crippen LogP contribution >= 0.6 is 0 Å². The van der Waals surface area contributed by atoms with Crippen LogP contribution in [0.25, 0.3) is 0 Å². The summed E-state index contributed by atoms with van der Waals surface area (Å²) in [6.07, 6.45) is 0.498. The van der Waals surface area contributed by atoms with Crippen LogP contribution in [0.5, 0.6) is 0 Å². The summed E-state index contributed by atoms with van der Waals surface area (Å²) in [6.45, 7) is 0.380. The van der Waals surface area contributed by atoms with Crippen molar-refractivity contribution >= 4 is 9.84 Å². The molecular weight excluding hydrogens is 240 g/mol. The van der Waals surface area contributed by atoms with Gasteiger partial charge in [0.05, 0.1) is 11.0 Å². The van der Waals surface area contributed by atoms with E-state index in [1.165, 1.54) is 12.1 Å². The van der Waals surface area contributed by atoms with Crippen molar-refractivity contribution in [3.63, 3.8) is 0 Å². The van der Waals surface area contributed by atoms with Crippen molar-refractivity contribution in [2.24, 2.45) is 0 Å². The number of nitrogens with zero attached hydrogens (tertiary/aromatic N) is 1. The van der Waals surface area contributed by atoms with E-state index in [-0.39, 0.29) is 4.90 Å². The van der Waals surface area contributed by atoms with Gasteiger partial charge in [0.15, 0.2) is 9.84 Å². The van der Waals surface area contributed by atoms with Crippen molar-refractivity contribution in [3.05, 3.63) is 29.8 Å². The van der Waals surface area contributed by atoms with Gasteiger partial charge in [-0.3, -0.25) is 10.4 Å². The zero-order valence-electron chi connectivity index (χ0n) is 10.2. The molecule has 1 atom stereocenters. The summed E-state index contributed by atoms with van der Waals surface area (Å²) in [4.78, 5) is 0.258. The average Bonchev–Trinajstić information content (AvgIpc) is 2.25. The fraction of sp³-hybridized carbons (Fsp3) is 0.455. The van der Waals surface area contributed by atoms with Gasteiger partial charge in [0.1, 0.15) is 0 Å². The predicted molar refractivity (Wildman–Crippen MR) is 66.2 cm³/mol. The normalized spacial score (nSPS) is 13.9. The Balaban J connectivity index is 2.74. The average molecular weight is 258 g/mol. The summed E-state index contributed by atoms with van der Waals surface area (Å²) in [5.41, 5.74) is 3.64. The molecule has 0 bridgehead atoms. The first-order chi connectivity index (χ1) is 7.80. The molecule has 1 aromatic carbocycles. The Kier molecular flexibility index (Phi) is 4.64. The third-order valence-electron chi connectivity index (χ3n) is 2.29. The SMILES string of the molecule is CN(C)NCC(O)c1ccc(S(C)(=O)=O)cc1. The highest BCUT2D eigenvalue weighted by Gasteiger charge is 2.10. The highest BCUT2D eigenvalue weighted by atomic mass is 32.2. The van der Waals surface area contributed by atoms with Gasteiger partial charge in [-0.05, 0) is 17.7 Å². The molecule has 0 aliphatic rings. The first kappa shape index (κ1) is 14.1. The van der Waals surface area contributed by atoms with Gasteiger partial charge in [-0.2, -0.15) is 0 Å². The van der Waals surface area contributed by atoms with Crippen molar-refractivity contribution < 1.29 is 13.5 Å². The number of hydrazine groups is 1. The lowest BCUT2D eigenvalue weighted by Gasteiger charge is -2.16. The van der Waals surface area contributed by atoms with Crippen LogP contribution in [-0.2, 0) is 9.84 Å². The smallest absolute Gasteiger partial charge is 0.175 e. The lowest BCUT2D eigenvalue weighted by molar-refractivity contribution is 0.141. The Bertz CT molecular complexity index is 454. The number of hydrogen-bond donors (Lipinski definition) is 2. The Morgan fingerprint density at radius 3 is 2.24 bits per heavy atom. The number of rotatable bonds is 5. The number of aliphatic hydroxyl groups excluding tert-OH is 1. The van der Waals surface area contributed by atoms with Crippen LogP contribution in [0.15, 0.2) is 29.2 Å². The minimum absolute atomic E-state index is 0.258. The maximum atomic E-state index is 11.2. The van der Waals surface area contributed by atoms with E-state index in [2.05, 4.69) is 5.43 Å². The Morgan fingerprint density at radius 1 is 1.29 bits per heavy atom. The molecule has 0 spiro atoms. The number of hydrogen-bond acceptors (Lipinski definition) is 5. The highest BCUT2D eigenvalue weighted by molar-refractivity contribution is 7.90. The standard InChI is InChI=1S/C11H18N2O3S/c1-13(2)12-8-11(14)9-4-6-10(7-5-9)17(3,15)16/h4-7,11-12,14H,8H2,1-3H3. The van der Waals surface area contributed by atoms with Gasteiger partial charge >= 0.3 is 0 Å². The predicted octanol–water partition coefficient (Wildman–Crippen LogP) is 0.190. The monoisotopic (exact) mass is 258 g/mol. The first-order valence-corrected chi connectivity index (χ1v) is 7.09. The number of aliphatic hydroxyl groups is 1. The second kappa shape index (κ2) is 5.59. The molecule has 0 aliphatic carbocycles. The molecule has 0 aliphatic heterocycles. The van der Waals surface area contributed by atoms with Crippen LogP contribution in [0.3, 0.4) is 0 Å². The summed E-state index contributed by atoms with van der Waals surface area (Å²) in [5, 5.41) is 11.6. The van der Waals surface area contributed by atoms with E-state index in [0.717, 1.165) is 6.26 Å². The van der Waals surface area contributed by atoms with Gasteiger partial charge in [-0.25, -0.2) is 8.42 Å². The summed E-state index contributed by atoms with van der Waals surface area (Å²) < 4.78 is 22.5. The molecule has 0 aromatic heterocycles. The maximum Gasteiger partial charge on any atom is 0.175 e. The van der Waals surface area contributed by atoms with Gasteiger partial charge in [0, 0.05) is 26.9 Å². The van der Waals surface area contributed by atoms with Gasteiger partial charge < -0.3 is 5.11 Å². The Labute approximate surface area is 102 Å². The molecule has 6 heteroatoms. The van der Waals surface area contributed by atoms with E-state index in [1.54, 1.807) is 17.1 Å². The molecule has 1 rings (SSSR count). The Morgan fingerprint density at radius 2 is 1.82 bits per heavy atom. The highest BCUT2D eigenvalue weighted by Crippen LogP contribution is 2.15. The van der Waals surface area contributed by atoms with Crippen LogP contribution in [0.1, 0.15) is 11.7 Å². The van der Waals surface area contributed by atoms with Crippen molar-refractivity contribution in [3.8, 4) is 0 Å². The molecule has 96 valence electrons. The van der Waals surface area contributed by atoms with Gasteiger partial charge in [-0.15, -0.1) is 0 Å². The molecule has 0 saturated heterocycles. The lowest BCUT2D eigenvalue weighted by atomic mass is 10.1. The second-order valence-corrected chi connectivity index (χ2v) is 6.13. The zero-order valence-corrected chi connectivity index (χ0v) is 11.0. The number of nitrogens with one attached hydrogen (secondary N) is 1. The molecule has 1 aromatic rings. The quantitative estimate of drug-likeness (QED) is 0.738. The van der Waals surface area contributed by atoms with Gasteiger partial charge in [0.2, 0.25) is 0 Å².